The van der Waals surface area contributed by atoms with Gasteiger partial charge in [0.2, 0.25) is 0 Å². The van der Waals surface area contributed by atoms with E-state index >= 15 is 0 Å². The average molecular weight is 473 g/mol. The zero-order chi connectivity index (χ0) is 12.2. The van der Waals surface area contributed by atoms with Gasteiger partial charge in [0.1, 0.15) is 0 Å². The van der Waals surface area contributed by atoms with Crippen LogP contribution in [-0.2, 0) is 0 Å². The molecule has 0 radical (unpaired) electrons. The Morgan fingerprint density at radius 3 is 0.875 bits per heavy atom. The van der Waals surface area contributed by atoms with Crippen LogP contribution in [0.4, 0.5) is 0 Å². The summed E-state index contributed by atoms with van der Waals surface area (Å²) in [6.07, 6.45) is 0. The van der Waals surface area contributed by atoms with Crippen LogP contribution in [0.3, 0.4) is 0 Å². The number of halogens is 1. The summed E-state index contributed by atoms with van der Waals surface area (Å²) in [6, 6.07) is 2.81. The normalized spacial score (nSPS) is 12.1. The van der Waals surface area contributed by atoms with Gasteiger partial charge in [0.15, 0.2) is 0 Å². The zero-order valence-corrected chi connectivity index (χ0v) is 17.7. The molecule has 0 heterocycles. The fourth-order valence-corrected chi connectivity index (χ4v) is 5.61. The maximum atomic E-state index is 2.74. The molecule has 0 N–H and O–H groups in total. The molecule has 0 atom stereocenters. The van der Waals surface area contributed by atoms with E-state index in [-0.39, 0.29) is 24.0 Å². The topological polar surface area (TPSA) is 6.48 Å². The van der Waals surface area contributed by atoms with Crippen molar-refractivity contribution in [2.75, 3.05) is 0 Å². The van der Waals surface area contributed by atoms with Gasteiger partial charge in [-0.2, -0.15) is 0 Å². The van der Waals surface area contributed by atoms with Crippen LogP contribution in [0.15, 0.2) is 0 Å². The van der Waals surface area contributed by atoms with Crippen molar-refractivity contribution in [2.24, 2.45) is 0 Å². The summed E-state index contributed by atoms with van der Waals surface area (Å²) in [6.45, 7) is 18.6. The summed E-state index contributed by atoms with van der Waals surface area (Å²) in [4.78, 5) is 0. The van der Waals surface area contributed by atoms with Crippen LogP contribution < -0.4 is 0 Å². The predicted molar refractivity (Wildman–Crippen MR) is 79.6 cm³/mol. The second kappa shape index (κ2) is 9.87. The van der Waals surface area contributed by atoms with Crippen LogP contribution in [0.25, 0.3) is 0 Å². The number of hydrogen-bond donors (Lipinski definition) is 0. The predicted octanol–water partition coefficient (Wildman–Crippen LogP) is 3.76. The van der Waals surface area contributed by atoms with Crippen molar-refractivity contribution in [3.8, 4) is 0 Å². The molecule has 0 saturated heterocycles. The summed E-state index contributed by atoms with van der Waals surface area (Å²) in [5.74, 6) is 0. The van der Waals surface area contributed by atoms with Gasteiger partial charge in [0.05, 0.1) is 0 Å². The molecule has 4 heteroatoms. The minimum absolute atomic E-state index is 0. The molecule has 16 heavy (non-hydrogen) atoms. The number of hydrogen-bond acceptors (Lipinski definition) is 2. The first kappa shape index (κ1) is 20.3. The fourth-order valence-electron chi connectivity index (χ4n) is 1.79. The Balaban J connectivity index is 0. The molecule has 98 valence electrons. The van der Waals surface area contributed by atoms with Crippen LogP contribution in [-0.4, -0.2) is 26.1 Å². The maximum Gasteiger partial charge on any atom is -0.107 e. The van der Waals surface area contributed by atoms with E-state index in [4.69, 9.17) is 0 Å². The third-order valence-electron chi connectivity index (χ3n) is 2.46. The summed E-state index contributed by atoms with van der Waals surface area (Å²) in [7, 11) is 0. The second-order valence-corrected chi connectivity index (χ2v) is 9.24. The van der Waals surface area contributed by atoms with E-state index < -0.39 is 37.5 Å². The fraction of sp³-hybridized carbons (Fsp3) is 1.00. The molecule has 0 aromatic heterocycles. The van der Waals surface area contributed by atoms with Crippen molar-refractivity contribution in [1.82, 2.24) is 1.97 Å². The van der Waals surface area contributed by atoms with E-state index in [9.17, 15) is 0 Å². The summed E-state index contributed by atoms with van der Waals surface area (Å²) >= 11 is -0.827. The van der Waals surface area contributed by atoms with Crippen LogP contribution in [0.5, 0.6) is 0 Å². The van der Waals surface area contributed by atoms with Gasteiger partial charge in [-0.1, -0.05) is 0 Å². The van der Waals surface area contributed by atoms with E-state index in [1.54, 1.807) is 0 Å². The Morgan fingerprint density at radius 1 is 0.562 bits per heavy atom. The van der Waals surface area contributed by atoms with E-state index in [1.165, 1.54) is 0 Å². The SMILES string of the molecule is CC(C)[N]([Nd][N](C(C)C)C(C)C)C(C)C.I. The first-order valence-electron chi connectivity index (χ1n) is 6.10. The maximum absolute atomic E-state index is 2.74. The summed E-state index contributed by atoms with van der Waals surface area (Å²) in [5, 5.41) is 0. The van der Waals surface area contributed by atoms with Crippen LogP contribution in [0.1, 0.15) is 55.4 Å². The quantitative estimate of drug-likeness (QED) is 0.544. The first-order chi connectivity index (χ1) is 6.77. The molecule has 0 unspecified atom stereocenters. The van der Waals surface area contributed by atoms with Gasteiger partial charge in [-0.15, -0.1) is 24.0 Å². The largest absolute Gasteiger partial charge is 0.107 e. The molecular formula is C12H29IN2Nd. The third-order valence-corrected chi connectivity index (χ3v) is 10.6. The second-order valence-electron chi connectivity index (χ2n) is 5.29. The molecule has 0 aliphatic rings. The molecule has 0 aromatic carbocycles. The van der Waals surface area contributed by atoms with E-state index in [0.717, 1.165) is 0 Å². The Hall–Kier alpha value is 2.00. The van der Waals surface area contributed by atoms with Crippen molar-refractivity contribution in [3.63, 3.8) is 0 Å². The molecule has 0 saturated carbocycles. The van der Waals surface area contributed by atoms with E-state index in [0.29, 0.717) is 24.2 Å². The molecule has 0 aliphatic heterocycles. The Kier molecular flexibility index (Phi) is 12.5. The van der Waals surface area contributed by atoms with Gasteiger partial charge in [-0.25, -0.2) is 0 Å². The standard InChI is InChI=1S/2C6H14N.HI.Nd/c2*1-5(2)7-6(3)4;;/h2*5-6H,1-4H3;1H;/q2*-1;;+2. The van der Waals surface area contributed by atoms with Gasteiger partial charge < -0.3 is 0 Å². The number of rotatable bonds is 6. The molecule has 0 aliphatic carbocycles. The molecule has 0 fully saturated rings. The molecule has 0 rings (SSSR count). The van der Waals surface area contributed by atoms with Gasteiger partial charge in [-0.05, 0) is 0 Å². The molecule has 2 nitrogen and oxygen atoms in total. The van der Waals surface area contributed by atoms with Crippen LogP contribution in [0, 0.1) is 37.5 Å². The van der Waals surface area contributed by atoms with E-state index in [1.807, 2.05) is 0 Å². The van der Waals surface area contributed by atoms with E-state index in [2.05, 4.69) is 57.4 Å². The monoisotopic (exact) mass is 470 g/mol. The minimum Gasteiger partial charge on any atom is -0.107 e. The molecule has 0 spiro atoms. The van der Waals surface area contributed by atoms with Gasteiger partial charge in [0, 0.05) is 0 Å². The van der Waals surface area contributed by atoms with Gasteiger partial charge in [-0.3, -0.25) is 0 Å². The average Bonchev–Trinajstić information content (AvgIpc) is 2.01. The van der Waals surface area contributed by atoms with Crippen molar-refractivity contribution >= 4 is 24.0 Å². The van der Waals surface area contributed by atoms with Crippen molar-refractivity contribution < 1.29 is 37.5 Å². The minimum atomic E-state index is -0.827. The molecule has 0 aromatic rings. The zero-order valence-electron chi connectivity index (χ0n) is 12.1. The Labute approximate surface area is 141 Å². The van der Waals surface area contributed by atoms with Crippen molar-refractivity contribution in [3.05, 3.63) is 0 Å². The van der Waals surface area contributed by atoms with Crippen molar-refractivity contribution in [1.29, 1.82) is 0 Å². The molecule has 0 bridgehead atoms. The number of nitrogens with zero attached hydrogens (tertiary/aromatic N) is 2. The van der Waals surface area contributed by atoms with Gasteiger partial charge in [0.25, 0.3) is 0 Å². The van der Waals surface area contributed by atoms with Crippen LogP contribution in [0.2, 0.25) is 0 Å². The molecule has 0 amide bonds. The molecular weight excluding hydrogens is 443 g/mol. The third kappa shape index (κ3) is 7.44. The Bertz CT molecular complexity index is 138. The summed E-state index contributed by atoms with van der Waals surface area (Å²) in [5.41, 5.74) is 0. The van der Waals surface area contributed by atoms with Crippen LogP contribution >= 0.6 is 24.0 Å². The smallest absolute Gasteiger partial charge is 0.107 e. The van der Waals surface area contributed by atoms with Gasteiger partial charge >= 0.3 is 119 Å². The first-order valence-corrected chi connectivity index (χ1v) is 8.97. The summed E-state index contributed by atoms with van der Waals surface area (Å²) < 4.78 is 5.47. The van der Waals surface area contributed by atoms with Crippen molar-refractivity contribution in [2.45, 2.75) is 79.6 Å². The Morgan fingerprint density at radius 2 is 0.750 bits per heavy atom.